The number of hydrogen-bond acceptors (Lipinski definition) is 9. The third-order valence-electron chi connectivity index (χ3n) is 3.71. The van der Waals surface area contributed by atoms with Crippen LogP contribution in [0.3, 0.4) is 0 Å². The smallest absolute Gasteiger partial charge is 0.413 e. The molecule has 0 aliphatic carbocycles. The molecule has 0 radical (unpaired) electrons. The van der Waals surface area contributed by atoms with E-state index in [9.17, 15) is 14.4 Å². The molecule has 35 heavy (non-hydrogen) atoms. The molecular formula is C21H34N6O6S2. The highest BCUT2D eigenvalue weighted by molar-refractivity contribution is 7.80. The van der Waals surface area contributed by atoms with Gasteiger partial charge < -0.3 is 35.1 Å². The van der Waals surface area contributed by atoms with E-state index in [0.717, 1.165) is 19.4 Å². The van der Waals surface area contributed by atoms with Gasteiger partial charge in [0.25, 0.3) is 0 Å². The van der Waals surface area contributed by atoms with Gasteiger partial charge in [0, 0.05) is 6.54 Å². The van der Waals surface area contributed by atoms with Gasteiger partial charge in [-0.25, -0.2) is 14.4 Å². The van der Waals surface area contributed by atoms with E-state index in [2.05, 4.69) is 41.0 Å². The van der Waals surface area contributed by atoms with Crippen molar-refractivity contribution in [3.8, 4) is 0 Å². The summed E-state index contributed by atoms with van der Waals surface area (Å²) in [6.07, 6.45) is 0.136. The highest BCUT2D eigenvalue weighted by Crippen LogP contribution is 2.20. The van der Waals surface area contributed by atoms with Crippen molar-refractivity contribution in [2.24, 2.45) is 0 Å². The number of nitrogens with one attached hydrogen (secondary N) is 5. The number of nitrogens with zero attached hydrogens (tertiary/aromatic N) is 1. The van der Waals surface area contributed by atoms with E-state index in [1.165, 1.54) is 14.2 Å². The van der Waals surface area contributed by atoms with Crippen molar-refractivity contribution in [3.63, 3.8) is 0 Å². The standard InChI is InChI=1S/C12H14N4O4S2.C9H20N2O2/c1-19-11(17)15-9(21)13-7-5-3-4-6-8(7)14-10(22)16-12(18)20-2;1-4-8-13-9(12)10-6-5-7-11(2)3/h3-6H,1-2H3,(H2,13,15,17,21)(H2,14,16,18,22);4-8H2,1-3H3,(H,10,12). The number of anilines is 2. The number of thiocarbonyl (C=S) groups is 2. The van der Waals surface area contributed by atoms with Gasteiger partial charge in [0.2, 0.25) is 0 Å². The first-order valence-electron chi connectivity index (χ1n) is 10.6. The molecule has 3 amide bonds. The van der Waals surface area contributed by atoms with E-state index < -0.39 is 12.2 Å². The summed E-state index contributed by atoms with van der Waals surface area (Å²) in [5, 5.41) is 13.0. The number of alkyl carbamates (subject to hydrolysis) is 3. The Labute approximate surface area is 216 Å². The Morgan fingerprint density at radius 2 is 1.37 bits per heavy atom. The maximum atomic E-state index is 11.1. The molecule has 0 atom stereocenters. The van der Waals surface area contributed by atoms with Gasteiger partial charge in [-0.1, -0.05) is 19.1 Å². The first-order chi connectivity index (χ1) is 16.6. The van der Waals surface area contributed by atoms with Crippen LogP contribution in [0.2, 0.25) is 0 Å². The lowest BCUT2D eigenvalue weighted by atomic mass is 10.2. The average Bonchev–Trinajstić information content (AvgIpc) is 2.81. The number of rotatable bonds is 8. The first kappa shape index (κ1) is 31.8. The summed E-state index contributed by atoms with van der Waals surface area (Å²) in [5.74, 6) is 0. The van der Waals surface area contributed by atoms with Gasteiger partial charge in [-0.05, 0) is 70.1 Å². The largest absolute Gasteiger partial charge is 0.453 e. The van der Waals surface area contributed by atoms with Crippen LogP contribution >= 0.6 is 24.4 Å². The average molecular weight is 531 g/mol. The molecular weight excluding hydrogens is 496 g/mol. The fraction of sp³-hybridized carbons (Fsp3) is 0.476. The minimum Gasteiger partial charge on any atom is -0.453 e. The fourth-order valence-corrected chi connectivity index (χ4v) is 2.51. The second kappa shape index (κ2) is 19.1. The number of carbonyl (C=O) groups is 3. The molecule has 0 saturated carbocycles. The Morgan fingerprint density at radius 1 is 0.886 bits per heavy atom. The van der Waals surface area contributed by atoms with E-state index in [-0.39, 0.29) is 16.3 Å². The van der Waals surface area contributed by atoms with Crippen LogP contribution in [0, 0.1) is 0 Å². The molecule has 0 fully saturated rings. The van der Waals surface area contributed by atoms with Crippen LogP contribution in [0.15, 0.2) is 24.3 Å². The van der Waals surface area contributed by atoms with Crippen LogP contribution in [-0.2, 0) is 14.2 Å². The zero-order chi connectivity index (χ0) is 26.6. The van der Waals surface area contributed by atoms with Crippen LogP contribution in [0.4, 0.5) is 25.8 Å². The summed E-state index contributed by atoms with van der Waals surface area (Å²) < 4.78 is 13.7. The van der Waals surface area contributed by atoms with Gasteiger partial charge in [-0.2, -0.15) is 0 Å². The van der Waals surface area contributed by atoms with E-state index in [1.54, 1.807) is 24.3 Å². The molecule has 1 rings (SSSR count). The number of ether oxygens (including phenoxy) is 3. The van der Waals surface area contributed by atoms with Crippen LogP contribution in [0.25, 0.3) is 0 Å². The number of methoxy groups -OCH3 is 2. The van der Waals surface area contributed by atoms with Crippen molar-refractivity contribution in [2.45, 2.75) is 19.8 Å². The maximum absolute atomic E-state index is 11.1. The molecule has 0 saturated heterocycles. The zero-order valence-electron chi connectivity index (χ0n) is 20.6. The minimum atomic E-state index is -0.689. The zero-order valence-corrected chi connectivity index (χ0v) is 22.2. The van der Waals surface area contributed by atoms with Crippen molar-refractivity contribution in [1.82, 2.24) is 20.9 Å². The van der Waals surface area contributed by atoms with Crippen LogP contribution in [0.1, 0.15) is 19.8 Å². The van der Waals surface area contributed by atoms with Crippen LogP contribution < -0.4 is 26.6 Å². The van der Waals surface area contributed by atoms with Crippen molar-refractivity contribution in [3.05, 3.63) is 24.3 Å². The van der Waals surface area contributed by atoms with E-state index >= 15 is 0 Å². The number of hydrogen-bond donors (Lipinski definition) is 5. The molecule has 0 bridgehead atoms. The first-order valence-corrected chi connectivity index (χ1v) is 11.4. The second-order valence-corrected chi connectivity index (χ2v) is 7.72. The molecule has 14 heteroatoms. The summed E-state index contributed by atoms with van der Waals surface area (Å²) >= 11 is 9.93. The molecule has 1 aromatic carbocycles. The van der Waals surface area contributed by atoms with Gasteiger partial charge in [0.1, 0.15) is 0 Å². The molecule has 12 nitrogen and oxygen atoms in total. The van der Waals surface area contributed by atoms with Crippen molar-refractivity contribution >= 4 is 64.3 Å². The predicted molar refractivity (Wildman–Crippen MR) is 143 cm³/mol. The fourth-order valence-electron chi connectivity index (χ4n) is 2.13. The van der Waals surface area contributed by atoms with Gasteiger partial charge in [-0.3, -0.25) is 10.6 Å². The molecule has 0 aliphatic heterocycles. The molecule has 0 aromatic heterocycles. The van der Waals surface area contributed by atoms with Gasteiger partial charge >= 0.3 is 18.3 Å². The monoisotopic (exact) mass is 530 g/mol. The molecule has 0 spiro atoms. The SMILES string of the molecule is CCCOC(=O)NCCCN(C)C.COC(=O)NC(=S)Nc1ccccc1NC(=S)NC(=O)OC. The third-order valence-corrected chi connectivity index (χ3v) is 4.12. The van der Waals surface area contributed by atoms with E-state index in [1.807, 2.05) is 21.0 Å². The minimum absolute atomic E-state index is 0.0490. The number of carbonyl (C=O) groups excluding carboxylic acids is 3. The summed E-state index contributed by atoms with van der Waals surface area (Å²) in [4.78, 5) is 35.1. The molecule has 0 unspecified atom stereocenters. The van der Waals surface area contributed by atoms with Crippen molar-refractivity contribution in [2.75, 3.05) is 58.6 Å². The van der Waals surface area contributed by atoms with Gasteiger partial charge in [0.05, 0.1) is 32.2 Å². The van der Waals surface area contributed by atoms with Gasteiger partial charge in [-0.15, -0.1) is 0 Å². The molecule has 0 heterocycles. The Bertz CT molecular complexity index is 789. The Kier molecular flexibility index (Phi) is 17.4. The topological polar surface area (TPSA) is 142 Å². The number of para-hydroxylation sites is 2. The summed E-state index contributed by atoms with van der Waals surface area (Å²) in [6.45, 7) is 4.13. The van der Waals surface area contributed by atoms with E-state index in [4.69, 9.17) is 29.2 Å². The van der Waals surface area contributed by atoms with Crippen LogP contribution in [-0.4, -0.2) is 81.4 Å². The Hall–Kier alpha value is -3.23. The second-order valence-electron chi connectivity index (χ2n) is 6.91. The number of amides is 3. The van der Waals surface area contributed by atoms with Crippen molar-refractivity contribution < 1.29 is 28.6 Å². The lowest BCUT2D eigenvalue weighted by Crippen LogP contribution is -2.35. The maximum Gasteiger partial charge on any atom is 0.413 e. The highest BCUT2D eigenvalue weighted by Gasteiger charge is 2.09. The van der Waals surface area contributed by atoms with Gasteiger partial charge in [0.15, 0.2) is 10.2 Å². The third kappa shape index (κ3) is 16.9. The predicted octanol–water partition coefficient (Wildman–Crippen LogP) is 2.87. The van der Waals surface area contributed by atoms with Crippen molar-refractivity contribution in [1.29, 1.82) is 0 Å². The Morgan fingerprint density at radius 3 is 1.77 bits per heavy atom. The molecule has 1 aromatic rings. The summed E-state index contributed by atoms with van der Waals surface area (Å²) in [6, 6.07) is 6.92. The summed E-state index contributed by atoms with van der Waals surface area (Å²) in [7, 11) is 6.47. The number of benzene rings is 1. The molecule has 0 aliphatic rings. The molecule has 5 N–H and O–H groups in total. The summed E-state index contributed by atoms with van der Waals surface area (Å²) in [5.41, 5.74) is 1.08. The van der Waals surface area contributed by atoms with E-state index in [0.29, 0.717) is 24.5 Å². The lowest BCUT2D eigenvalue weighted by molar-refractivity contribution is 0.146. The highest BCUT2D eigenvalue weighted by atomic mass is 32.1. The molecule has 196 valence electrons. The Balaban J connectivity index is 0.000000761. The quantitative estimate of drug-likeness (QED) is 0.192. The van der Waals surface area contributed by atoms with Crippen LogP contribution in [0.5, 0.6) is 0 Å². The lowest BCUT2D eigenvalue weighted by Gasteiger charge is -2.15. The normalized spacial score (nSPS) is 9.54.